The first-order valence-corrected chi connectivity index (χ1v) is 5.96. The van der Waals surface area contributed by atoms with Crippen LogP contribution in [0.4, 0.5) is 11.5 Å². The molecule has 0 aliphatic rings. The van der Waals surface area contributed by atoms with E-state index in [4.69, 9.17) is 5.11 Å². The van der Waals surface area contributed by atoms with Crippen molar-refractivity contribution in [2.45, 2.75) is 33.2 Å². The lowest BCUT2D eigenvalue weighted by atomic mass is 10.2. The molecular formula is C11H18N4O4. The summed E-state index contributed by atoms with van der Waals surface area (Å²) in [6.45, 7) is 4.97. The normalized spacial score (nSPS) is 12.2. The summed E-state index contributed by atoms with van der Waals surface area (Å²) in [6, 6.07) is -0.135. The fraction of sp³-hybridized carbons (Fsp3) is 0.636. The summed E-state index contributed by atoms with van der Waals surface area (Å²) in [5, 5.41) is 24.1. The predicted molar refractivity (Wildman–Crippen MR) is 69.3 cm³/mol. The van der Waals surface area contributed by atoms with Crippen molar-refractivity contribution in [1.82, 2.24) is 9.78 Å². The summed E-state index contributed by atoms with van der Waals surface area (Å²) >= 11 is 0. The summed E-state index contributed by atoms with van der Waals surface area (Å²) in [4.78, 5) is 23.1. The lowest BCUT2D eigenvalue weighted by Gasteiger charge is -2.27. The minimum absolute atomic E-state index is 0.135. The van der Waals surface area contributed by atoms with Crippen LogP contribution >= 0.6 is 0 Å². The molecular weight excluding hydrogens is 252 g/mol. The third-order valence-corrected chi connectivity index (χ3v) is 3.04. The van der Waals surface area contributed by atoms with Crippen molar-refractivity contribution < 1.29 is 14.8 Å². The molecule has 1 unspecified atom stereocenters. The van der Waals surface area contributed by atoms with E-state index in [0.29, 0.717) is 6.42 Å². The Balaban J connectivity index is 3.36. The quantitative estimate of drug-likeness (QED) is 0.618. The summed E-state index contributed by atoms with van der Waals surface area (Å²) in [6.07, 6.45) is 0.675. The Morgan fingerprint density at radius 1 is 1.63 bits per heavy atom. The molecule has 1 N–H and O–H groups in total. The maximum atomic E-state index is 11.1. The molecule has 0 radical (unpaired) electrons. The molecule has 0 saturated heterocycles. The second-order valence-electron chi connectivity index (χ2n) is 4.42. The zero-order chi connectivity index (χ0) is 14.7. The van der Waals surface area contributed by atoms with Crippen LogP contribution in [0.5, 0.6) is 0 Å². The van der Waals surface area contributed by atoms with Gasteiger partial charge in [-0.1, -0.05) is 6.92 Å². The predicted octanol–water partition coefficient (Wildman–Crippen LogP) is 1.33. The van der Waals surface area contributed by atoms with Crippen LogP contribution in [0, 0.1) is 17.0 Å². The molecule has 19 heavy (non-hydrogen) atoms. The molecule has 0 saturated carbocycles. The van der Waals surface area contributed by atoms with Gasteiger partial charge in [-0.2, -0.15) is 5.10 Å². The van der Waals surface area contributed by atoms with Gasteiger partial charge >= 0.3 is 11.7 Å². The van der Waals surface area contributed by atoms with Gasteiger partial charge in [0.05, 0.1) is 4.92 Å². The average molecular weight is 270 g/mol. The fourth-order valence-electron chi connectivity index (χ4n) is 1.98. The Labute approximate surface area is 110 Å². The summed E-state index contributed by atoms with van der Waals surface area (Å²) in [7, 11) is 1.58. The highest BCUT2D eigenvalue weighted by molar-refractivity contribution is 5.75. The van der Waals surface area contributed by atoms with Gasteiger partial charge in [0, 0.05) is 13.1 Å². The zero-order valence-electron chi connectivity index (χ0n) is 11.5. The van der Waals surface area contributed by atoms with Crippen molar-refractivity contribution in [1.29, 1.82) is 0 Å². The average Bonchev–Trinajstić information content (AvgIpc) is 2.59. The maximum absolute atomic E-state index is 11.1. The number of hydrogen-bond acceptors (Lipinski definition) is 5. The molecule has 0 fully saturated rings. The lowest BCUT2D eigenvalue weighted by molar-refractivity contribution is -0.384. The van der Waals surface area contributed by atoms with E-state index in [-0.39, 0.29) is 29.8 Å². The molecule has 106 valence electrons. The number of carboxylic acids is 1. The van der Waals surface area contributed by atoms with Crippen molar-refractivity contribution in [3.05, 3.63) is 15.8 Å². The van der Waals surface area contributed by atoms with Crippen LogP contribution in [0.1, 0.15) is 26.0 Å². The van der Waals surface area contributed by atoms with E-state index < -0.39 is 10.9 Å². The molecule has 0 bridgehead atoms. The molecule has 1 aromatic heterocycles. The molecule has 1 rings (SSSR count). The highest BCUT2D eigenvalue weighted by Gasteiger charge is 2.31. The zero-order valence-corrected chi connectivity index (χ0v) is 11.5. The molecule has 8 nitrogen and oxygen atoms in total. The third-order valence-electron chi connectivity index (χ3n) is 3.04. The summed E-state index contributed by atoms with van der Waals surface area (Å²) < 4.78 is 1.36. The van der Waals surface area contributed by atoms with E-state index in [2.05, 4.69) is 5.10 Å². The largest absolute Gasteiger partial charge is 0.480 e. The van der Waals surface area contributed by atoms with Gasteiger partial charge in [0.25, 0.3) is 0 Å². The van der Waals surface area contributed by atoms with Gasteiger partial charge in [0.2, 0.25) is 5.82 Å². The number of carbonyl (C=O) groups is 1. The Morgan fingerprint density at radius 3 is 2.63 bits per heavy atom. The number of aryl methyl sites for hydroxylation is 2. The third kappa shape index (κ3) is 3.01. The van der Waals surface area contributed by atoms with Gasteiger partial charge in [-0.15, -0.1) is 0 Å². The molecule has 8 heteroatoms. The number of carboxylic acid groups (broad SMARTS) is 1. The maximum Gasteiger partial charge on any atom is 0.333 e. The fourth-order valence-corrected chi connectivity index (χ4v) is 1.98. The van der Waals surface area contributed by atoms with Crippen molar-refractivity contribution in [3.63, 3.8) is 0 Å². The lowest BCUT2D eigenvalue weighted by Crippen LogP contribution is -2.38. The van der Waals surface area contributed by atoms with Gasteiger partial charge < -0.3 is 10.0 Å². The minimum Gasteiger partial charge on any atom is -0.480 e. The molecule has 0 aliphatic heterocycles. The topological polar surface area (TPSA) is 102 Å². The van der Waals surface area contributed by atoms with Gasteiger partial charge in [0.1, 0.15) is 12.2 Å². The summed E-state index contributed by atoms with van der Waals surface area (Å²) in [5.41, 5.74) is 0.144. The standard InChI is InChI=1S/C11H18N4O4/c1-5-7(2)14(6-9(16)17)11-10(15(18)19)8(3)12-13(11)4/h7H,5-6H2,1-4H3,(H,16,17). The first-order chi connectivity index (χ1) is 8.79. The van der Waals surface area contributed by atoms with Crippen molar-refractivity contribution >= 4 is 17.5 Å². The highest BCUT2D eigenvalue weighted by Crippen LogP contribution is 2.32. The van der Waals surface area contributed by atoms with Gasteiger partial charge in [-0.25, -0.2) is 4.68 Å². The number of aliphatic carboxylic acids is 1. The number of rotatable bonds is 6. The van der Waals surface area contributed by atoms with Crippen molar-refractivity contribution in [2.75, 3.05) is 11.4 Å². The molecule has 0 amide bonds. The van der Waals surface area contributed by atoms with E-state index in [1.165, 1.54) is 16.5 Å². The first kappa shape index (κ1) is 14.9. The van der Waals surface area contributed by atoms with Gasteiger partial charge in [-0.05, 0) is 20.3 Å². The van der Waals surface area contributed by atoms with Crippen LogP contribution in [-0.2, 0) is 11.8 Å². The van der Waals surface area contributed by atoms with Crippen LogP contribution in [0.2, 0.25) is 0 Å². The summed E-state index contributed by atoms with van der Waals surface area (Å²) in [5.74, 6) is -0.798. The molecule has 0 spiro atoms. The van der Waals surface area contributed by atoms with Gasteiger partial charge in [0.15, 0.2) is 0 Å². The number of hydrogen-bond donors (Lipinski definition) is 1. The van der Waals surface area contributed by atoms with E-state index in [9.17, 15) is 14.9 Å². The van der Waals surface area contributed by atoms with E-state index in [1.807, 2.05) is 13.8 Å². The first-order valence-electron chi connectivity index (χ1n) is 5.96. The highest BCUT2D eigenvalue weighted by atomic mass is 16.6. The number of nitrogens with zero attached hydrogens (tertiary/aromatic N) is 4. The van der Waals surface area contributed by atoms with Crippen LogP contribution in [0.3, 0.4) is 0 Å². The van der Waals surface area contributed by atoms with Crippen LogP contribution in [0.15, 0.2) is 0 Å². The Hall–Kier alpha value is -2.12. The SMILES string of the molecule is CCC(C)N(CC(=O)O)c1c([N+](=O)[O-])c(C)nn1C. The Bertz CT molecular complexity index is 497. The molecule has 1 aromatic rings. The second kappa shape index (κ2) is 5.68. The van der Waals surface area contributed by atoms with E-state index >= 15 is 0 Å². The number of aromatic nitrogens is 2. The van der Waals surface area contributed by atoms with Crippen molar-refractivity contribution in [2.24, 2.45) is 7.05 Å². The molecule has 0 aromatic carbocycles. The Morgan fingerprint density at radius 2 is 2.21 bits per heavy atom. The van der Waals surface area contributed by atoms with Crippen LogP contribution in [0.25, 0.3) is 0 Å². The monoisotopic (exact) mass is 270 g/mol. The van der Waals surface area contributed by atoms with Crippen molar-refractivity contribution in [3.8, 4) is 0 Å². The molecule has 0 aliphatic carbocycles. The van der Waals surface area contributed by atoms with E-state index in [1.54, 1.807) is 7.05 Å². The molecule has 1 atom stereocenters. The number of anilines is 1. The van der Waals surface area contributed by atoms with Crippen LogP contribution in [-0.4, -0.2) is 38.4 Å². The minimum atomic E-state index is -1.03. The van der Waals surface area contributed by atoms with Crippen LogP contribution < -0.4 is 4.90 Å². The number of nitro groups is 1. The van der Waals surface area contributed by atoms with E-state index in [0.717, 1.165) is 0 Å². The Kier molecular flexibility index (Phi) is 4.47. The van der Waals surface area contributed by atoms with Gasteiger partial charge in [-0.3, -0.25) is 14.9 Å². The second-order valence-corrected chi connectivity index (χ2v) is 4.42. The molecule has 1 heterocycles. The smallest absolute Gasteiger partial charge is 0.333 e.